The number of anilines is 1. The molecule has 0 radical (unpaired) electrons. The van der Waals surface area contributed by atoms with Gasteiger partial charge in [-0.1, -0.05) is 6.92 Å². The quantitative estimate of drug-likeness (QED) is 0.712. The zero-order chi connectivity index (χ0) is 16.5. The molecule has 0 spiro atoms. The minimum Gasteiger partial charge on any atom is -0.338 e. The van der Waals surface area contributed by atoms with Gasteiger partial charge in [-0.3, -0.25) is 0 Å². The molecule has 4 heterocycles. The molecule has 1 aliphatic rings. The van der Waals surface area contributed by atoms with Gasteiger partial charge in [0.25, 0.3) is 5.78 Å². The molecule has 0 aliphatic carbocycles. The van der Waals surface area contributed by atoms with E-state index in [9.17, 15) is 0 Å². The second kappa shape index (κ2) is 6.12. The lowest BCUT2D eigenvalue weighted by molar-refractivity contribution is 0.270. The molecule has 1 saturated heterocycles. The summed E-state index contributed by atoms with van der Waals surface area (Å²) >= 11 is 0. The molecule has 0 atom stereocenters. The Labute approximate surface area is 140 Å². The molecule has 0 bridgehead atoms. The second-order valence-electron chi connectivity index (χ2n) is 5.89. The first kappa shape index (κ1) is 14.9. The van der Waals surface area contributed by atoms with Gasteiger partial charge in [-0.05, 0) is 19.5 Å². The molecule has 8 heteroatoms. The zero-order valence-corrected chi connectivity index (χ0v) is 13.9. The van der Waals surface area contributed by atoms with Gasteiger partial charge >= 0.3 is 0 Å². The van der Waals surface area contributed by atoms with Gasteiger partial charge in [-0.15, -0.1) is 0 Å². The largest absolute Gasteiger partial charge is 0.338 e. The average Bonchev–Trinajstić information content (AvgIpc) is 3.12. The summed E-state index contributed by atoms with van der Waals surface area (Å²) in [6.07, 6.45) is 5.13. The van der Waals surface area contributed by atoms with Crippen LogP contribution in [0.25, 0.3) is 17.0 Å². The zero-order valence-electron chi connectivity index (χ0n) is 13.9. The van der Waals surface area contributed by atoms with Crippen molar-refractivity contribution in [2.45, 2.75) is 13.8 Å². The van der Waals surface area contributed by atoms with Gasteiger partial charge in [0.2, 0.25) is 5.95 Å². The van der Waals surface area contributed by atoms with E-state index in [0.29, 0.717) is 5.78 Å². The molecule has 0 N–H and O–H groups in total. The highest BCUT2D eigenvalue weighted by molar-refractivity contribution is 5.63. The summed E-state index contributed by atoms with van der Waals surface area (Å²) < 4.78 is 1.73. The molecule has 124 valence electrons. The van der Waals surface area contributed by atoms with Gasteiger partial charge in [0.15, 0.2) is 0 Å². The molecule has 0 amide bonds. The van der Waals surface area contributed by atoms with E-state index in [1.165, 1.54) is 6.33 Å². The highest BCUT2D eigenvalue weighted by Crippen LogP contribution is 2.22. The van der Waals surface area contributed by atoms with E-state index in [-0.39, 0.29) is 0 Å². The fourth-order valence-electron chi connectivity index (χ4n) is 3.06. The molecule has 0 aromatic carbocycles. The third kappa shape index (κ3) is 2.58. The van der Waals surface area contributed by atoms with Crippen molar-refractivity contribution < 1.29 is 0 Å². The molecule has 24 heavy (non-hydrogen) atoms. The lowest BCUT2D eigenvalue weighted by atomic mass is 10.2. The topological polar surface area (TPSA) is 75.3 Å². The monoisotopic (exact) mass is 324 g/mol. The molecule has 0 unspecified atom stereocenters. The van der Waals surface area contributed by atoms with E-state index in [0.717, 1.165) is 55.6 Å². The van der Waals surface area contributed by atoms with Crippen LogP contribution >= 0.6 is 0 Å². The van der Waals surface area contributed by atoms with Crippen LogP contribution < -0.4 is 4.90 Å². The molecule has 3 aromatic rings. The SMILES string of the molecule is CCN1CCN(c2nccc(-c3cnc4ncnn4c3C)n2)CC1. The first-order valence-electron chi connectivity index (χ1n) is 8.22. The number of rotatable bonds is 3. The van der Waals surface area contributed by atoms with Crippen LogP contribution in [0.5, 0.6) is 0 Å². The summed E-state index contributed by atoms with van der Waals surface area (Å²) in [5, 5.41) is 4.22. The molecule has 8 nitrogen and oxygen atoms in total. The van der Waals surface area contributed by atoms with Crippen LogP contribution in [0.4, 0.5) is 5.95 Å². The fourth-order valence-corrected chi connectivity index (χ4v) is 3.06. The van der Waals surface area contributed by atoms with Crippen LogP contribution in [0.15, 0.2) is 24.8 Å². The van der Waals surface area contributed by atoms with Crippen molar-refractivity contribution in [1.82, 2.24) is 34.4 Å². The second-order valence-corrected chi connectivity index (χ2v) is 5.89. The Morgan fingerprint density at radius 1 is 1.08 bits per heavy atom. The summed E-state index contributed by atoms with van der Waals surface area (Å²) in [7, 11) is 0. The highest BCUT2D eigenvalue weighted by atomic mass is 15.3. The molecule has 0 saturated carbocycles. The predicted octanol–water partition coefficient (Wildman–Crippen LogP) is 1.03. The lowest BCUT2D eigenvalue weighted by Gasteiger charge is -2.34. The van der Waals surface area contributed by atoms with Crippen LogP contribution in [-0.2, 0) is 0 Å². The molecule has 3 aromatic heterocycles. The maximum absolute atomic E-state index is 4.76. The van der Waals surface area contributed by atoms with Crippen molar-refractivity contribution in [3.8, 4) is 11.3 Å². The third-order valence-electron chi connectivity index (χ3n) is 4.57. The molecular formula is C16H20N8. The highest BCUT2D eigenvalue weighted by Gasteiger charge is 2.19. The predicted molar refractivity (Wildman–Crippen MR) is 90.9 cm³/mol. The lowest BCUT2D eigenvalue weighted by Crippen LogP contribution is -2.46. The molecule has 4 rings (SSSR count). The van der Waals surface area contributed by atoms with Gasteiger partial charge < -0.3 is 9.80 Å². The summed E-state index contributed by atoms with van der Waals surface area (Å²) in [4.78, 5) is 22.4. The van der Waals surface area contributed by atoms with Crippen LogP contribution in [0, 0.1) is 6.92 Å². The Morgan fingerprint density at radius 2 is 1.92 bits per heavy atom. The first-order chi connectivity index (χ1) is 11.8. The number of hydrogen-bond acceptors (Lipinski definition) is 7. The summed E-state index contributed by atoms with van der Waals surface area (Å²) in [6, 6.07) is 1.92. The average molecular weight is 324 g/mol. The van der Waals surface area contributed by atoms with Crippen LogP contribution in [0.3, 0.4) is 0 Å². The Morgan fingerprint density at radius 3 is 2.71 bits per heavy atom. The van der Waals surface area contributed by atoms with Crippen molar-refractivity contribution in [1.29, 1.82) is 0 Å². The number of fused-ring (bicyclic) bond motifs is 1. The molecule has 1 fully saturated rings. The standard InChI is InChI=1S/C16H20N8/c1-3-22-6-8-23(9-7-22)16-17-5-4-14(21-16)13-10-18-15-19-11-20-24(15)12(13)2/h4-5,10-11H,3,6-9H2,1-2H3. The smallest absolute Gasteiger partial charge is 0.252 e. The van der Waals surface area contributed by atoms with E-state index >= 15 is 0 Å². The summed E-state index contributed by atoms with van der Waals surface area (Å²) in [6.45, 7) is 9.30. The Bertz CT molecular complexity index is 850. The van der Waals surface area contributed by atoms with Gasteiger partial charge in [0, 0.05) is 44.1 Å². The molecular weight excluding hydrogens is 304 g/mol. The van der Waals surface area contributed by atoms with E-state index < -0.39 is 0 Å². The van der Waals surface area contributed by atoms with Gasteiger partial charge in [-0.2, -0.15) is 10.1 Å². The first-order valence-corrected chi connectivity index (χ1v) is 8.22. The van der Waals surface area contributed by atoms with E-state index in [1.807, 2.05) is 19.2 Å². The number of nitrogens with zero attached hydrogens (tertiary/aromatic N) is 8. The third-order valence-corrected chi connectivity index (χ3v) is 4.57. The van der Waals surface area contributed by atoms with E-state index in [4.69, 9.17) is 4.98 Å². The number of piperazine rings is 1. The number of aromatic nitrogens is 6. The number of hydrogen-bond donors (Lipinski definition) is 0. The Balaban J connectivity index is 1.66. The Hall–Kier alpha value is -2.61. The Kier molecular flexibility index (Phi) is 3.81. The maximum atomic E-state index is 4.76. The maximum Gasteiger partial charge on any atom is 0.252 e. The van der Waals surface area contributed by atoms with E-state index in [2.05, 4.69) is 36.8 Å². The minimum atomic E-state index is 0.598. The van der Waals surface area contributed by atoms with Crippen molar-refractivity contribution in [2.75, 3.05) is 37.6 Å². The van der Waals surface area contributed by atoms with Crippen LogP contribution in [0.2, 0.25) is 0 Å². The van der Waals surface area contributed by atoms with Gasteiger partial charge in [-0.25, -0.2) is 19.5 Å². The van der Waals surface area contributed by atoms with Crippen molar-refractivity contribution in [2.24, 2.45) is 0 Å². The summed E-state index contributed by atoms with van der Waals surface area (Å²) in [5.41, 5.74) is 2.78. The summed E-state index contributed by atoms with van der Waals surface area (Å²) in [5.74, 6) is 1.38. The van der Waals surface area contributed by atoms with Crippen LogP contribution in [0.1, 0.15) is 12.6 Å². The molecule has 1 aliphatic heterocycles. The van der Waals surface area contributed by atoms with Crippen molar-refractivity contribution >= 4 is 11.7 Å². The van der Waals surface area contributed by atoms with Gasteiger partial charge in [0.1, 0.15) is 6.33 Å². The van der Waals surface area contributed by atoms with Crippen molar-refractivity contribution in [3.63, 3.8) is 0 Å². The minimum absolute atomic E-state index is 0.598. The van der Waals surface area contributed by atoms with Gasteiger partial charge in [0.05, 0.1) is 11.4 Å². The van der Waals surface area contributed by atoms with Crippen LogP contribution in [-0.4, -0.2) is 67.2 Å². The number of likely N-dealkylation sites (N-methyl/N-ethyl adjacent to an activating group) is 1. The fraction of sp³-hybridized carbons (Fsp3) is 0.438. The van der Waals surface area contributed by atoms with Crippen molar-refractivity contribution in [3.05, 3.63) is 30.5 Å². The van der Waals surface area contributed by atoms with E-state index in [1.54, 1.807) is 10.7 Å². The number of aryl methyl sites for hydroxylation is 1. The normalized spacial score (nSPS) is 16.0.